The molecule has 1 heterocycles. The fourth-order valence-corrected chi connectivity index (χ4v) is 3.87. The molecule has 0 bridgehead atoms. The van der Waals surface area contributed by atoms with Crippen molar-refractivity contribution >= 4 is 23.9 Å². The summed E-state index contributed by atoms with van der Waals surface area (Å²) in [5.74, 6) is -2.24. The lowest BCUT2D eigenvalue weighted by Crippen LogP contribution is -2.37. The highest BCUT2D eigenvalue weighted by Gasteiger charge is 2.29. The first-order chi connectivity index (χ1) is 16.0. The summed E-state index contributed by atoms with van der Waals surface area (Å²) >= 11 is 0. The number of rotatable bonds is 8. The average Bonchev–Trinajstić information content (AvgIpc) is 3.39. The number of nitrogens with zero attached hydrogens (tertiary/aromatic N) is 2. The van der Waals surface area contributed by atoms with Crippen LogP contribution in [-0.4, -0.2) is 64.5 Å². The molecule has 170 valence electrons. The second kappa shape index (κ2) is 9.53. The first-order valence-electron chi connectivity index (χ1n) is 10.2. The average molecular weight is 451 g/mol. The van der Waals surface area contributed by atoms with Crippen LogP contribution in [0.1, 0.15) is 27.5 Å². The maximum Gasteiger partial charge on any atom is 0.414 e. The van der Waals surface area contributed by atoms with Gasteiger partial charge in [-0.05, 0) is 22.3 Å². The SMILES string of the molecule is O=C(O)CN(CCO)C(=O)c1cc(NC(=O)OCC2c3ccccc3-c3ccccc32)on1. The molecule has 10 nitrogen and oxygen atoms in total. The van der Waals surface area contributed by atoms with Crippen LogP contribution in [0.3, 0.4) is 0 Å². The highest BCUT2D eigenvalue weighted by molar-refractivity contribution is 5.95. The zero-order valence-corrected chi connectivity index (χ0v) is 17.4. The minimum Gasteiger partial charge on any atom is -0.480 e. The van der Waals surface area contributed by atoms with E-state index in [0.717, 1.165) is 33.2 Å². The molecular formula is C23H21N3O7. The number of amides is 2. The third kappa shape index (κ3) is 4.70. The van der Waals surface area contributed by atoms with Crippen molar-refractivity contribution < 1.29 is 33.9 Å². The molecule has 3 N–H and O–H groups in total. The molecule has 1 aromatic heterocycles. The number of aromatic nitrogens is 1. The molecule has 33 heavy (non-hydrogen) atoms. The number of nitrogens with one attached hydrogen (secondary N) is 1. The zero-order chi connectivity index (χ0) is 23.4. The van der Waals surface area contributed by atoms with Crippen molar-refractivity contribution in [1.82, 2.24) is 10.1 Å². The summed E-state index contributed by atoms with van der Waals surface area (Å²) in [6.45, 7) is -1.11. The Hall–Kier alpha value is -4.18. The Morgan fingerprint density at radius 3 is 2.30 bits per heavy atom. The van der Waals surface area contributed by atoms with Crippen LogP contribution in [0.15, 0.2) is 59.1 Å². The van der Waals surface area contributed by atoms with Gasteiger partial charge in [-0.3, -0.25) is 14.9 Å². The molecule has 1 aliphatic carbocycles. The van der Waals surface area contributed by atoms with E-state index in [2.05, 4.69) is 10.5 Å². The third-order valence-electron chi connectivity index (χ3n) is 5.28. The number of hydrogen-bond donors (Lipinski definition) is 3. The molecule has 4 rings (SSSR count). The molecule has 0 radical (unpaired) electrons. The Morgan fingerprint density at radius 1 is 1.06 bits per heavy atom. The standard InChI is InChI=1S/C23H21N3O7/c27-10-9-26(12-21(28)29)22(30)19-11-20(33-25-19)24-23(31)32-13-18-16-7-3-1-5-14(16)15-6-2-4-8-17(15)18/h1-8,11,18,27H,9-10,12-13H2,(H,24,31)(H,28,29). The molecule has 0 atom stereocenters. The first kappa shape index (κ1) is 22.0. The molecule has 2 amide bonds. The summed E-state index contributed by atoms with van der Waals surface area (Å²) in [5, 5.41) is 23.9. The van der Waals surface area contributed by atoms with Gasteiger partial charge in [0, 0.05) is 18.5 Å². The molecular weight excluding hydrogens is 430 g/mol. The Kier molecular flexibility index (Phi) is 6.36. The van der Waals surface area contributed by atoms with Gasteiger partial charge in [0.1, 0.15) is 13.2 Å². The van der Waals surface area contributed by atoms with E-state index in [0.29, 0.717) is 0 Å². The van der Waals surface area contributed by atoms with Crippen LogP contribution in [0.5, 0.6) is 0 Å². The summed E-state index contributed by atoms with van der Waals surface area (Å²) < 4.78 is 10.4. The van der Waals surface area contributed by atoms with Gasteiger partial charge in [-0.25, -0.2) is 4.79 Å². The number of aliphatic carboxylic acids is 1. The summed E-state index contributed by atoms with van der Waals surface area (Å²) in [7, 11) is 0. The van der Waals surface area contributed by atoms with Gasteiger partial charge in [0.2, 0.25) is 5.88 Å². The van der Waals surface area contributed by atoms with E-state index in [-0.39, 0.29) is 30.6 Å². The van der Waals surface area contributed by atoms with Crippen molar-refractivity contribution in [3.8, 4) is 11.1 Å². The fraction of sp³-hybridized carbons (Fsp3) is 0.217. The predicted molar refractivity (Wildman–Crippen MR) is 116 cm³/mol. The number of benzene rings is 2. The van der Waals surface area contributed by atoms with Crippen molar-refractivity contribution in [2.45, 2.75) is 5.92 Å². The number of carboxylic acids is 1. The van der Waals surface area contributed by atoms with Gasteiger partial charge in [0.05, 0.1) is 6.61 Å². The number of ether oxygens (including phenoxy) is 1. The van der Waals surface area contributed by atoms with E-state index < -0.39 is 31.1 Å². The smallest absolute Gasteiger partial charge is 0.414 e. The van der Waals surface area contributed by atoms with Gasteiger partial charge in [-0.1, -0.05) is 53.7 Å². The van der Waals surface area contributed by atoms with E-state index in [1.54, 1.807) is 0 Å². The number of carbonyl (C=O) groups excluding carboxylic acids is 2. The van der Waals surface area contributed by atoms with Gasteiger partial charge < -0.3 is 24.4 Å². The van der Waals surface area contributed by atoms with Crippen molar-refractivity contribution in [3.63, 3.8) is 0 Å². The lowest BCUT2D eigenvalue weighted by molar-refractivity contribution is -0.137. The summed E-state index contributed by atoms with van der Waals surface area (Å²) in [4.78, 5) is 36.5. The van der Waals surface area contributed by atoms with Crippen LogP contribution in [-0.2, 0) is 9.53 Å². The normalized spacial score (nSPS) is 12.0. The van der Waals surface area contributed by atoms with E-state index in [1.807, 2.05) is 48.5 Å². The number of carboxylic acid groups (broad SMARTS) is 1. The van der Waals surface area contributed by atoms with E-state index in [4.69, 9.17) is 19.5 Å². The van der Waals surface area contributed by atoms with Crippen LogP contribution in [0.4, 0.5) is 10.7 Å². The van der Waals surface area contributed by atoms with Gasteiger partial charge in [-0.2, -0.15) is 0 Å². The zero-order valence-electron chi connectivity index (χ0n) is 17.4. The Labute approximate surface area is 188 Å². The molecule has 1 aliphatic rings. The van der Waals surface area contributed by atoms with Crippen molar-refractivity contribution in [1.29, 1.82) is 0 Å². The molecule has 2 aromatic carbocycles. The second-order valence-electron chi connectivity index (χ2n) is 7.37. The van der Waals surface area contributed by atoms with Crippen LogP contribution in [0.25, 0.3) is 11.1 Å². The summed E-state index contributed by atoms with van der Waals surface area (Å²) in [6.07, 6.45) is -0.787. The number of anilines is 1. The molecule has 3 aromatic rings. The van der Waals surface area contributed by atoms with Crippen LogP contribution in [0, 0.1) is 0 Å². The molecule has 10 heteroatoms. The Morgan fingerprint density at radius 2 is 1.70 bits per heavy atom. The van der Waals surface area contributed by atoms with E-state index in [9.17, 15) is 14.4 Å². The van der Waals surface area contributed by atoms with E-state index >= 15 is 0 Å². The Balaban J connectivity index is 1.39. The van der Waals surface area contributed by atoms with E-state index in [1.165, 1.54) is 0 Å². The second-order valence-corrected chi connectivity index (χ2v) is 7.37. The van der Waals surface area contributed by atoms with Gasteiger partial charge in [0.25, 0.3) is 5.91 Å². The molecule has 0 saturated heterocycles. The number of carbonyl (C=O) groups is 3. The largest absolute Gasteiger partial charge is 0.480 e. The quantitative estimate of drug-likeness (QED) is 0.474. The lowest BCUT2D eigenvalue weighted by atomic mass is 9.98. The van der Waals surface area contributed by atoms with Crippen LogP contribution in [0.2, 0.25) is 0 Å². The number of aliphatic hydroxyl groups is 1. The predicted octanol–water partition coefficient (Wildman–Crippen LogP) is 2.55. The maximum absolute atomic E-state index is 12.4. The van der Waals surface area contributed by atoms with Gasteiger partial charge in [0.15, 0.2) is 5.69 Å². The van der Waals surface area contributed by atoms with Crippen molar-refractivity contribution in [2.75, 3.05) is 31.6 Å². The minimum atomic E-state index is -1.24. The van der Waals surface area contributed by atoms with Gasteiger partial charge in [-0.15, -0.1) is 0 Å². The number of aliphatic hydroxyl groups excluding tert-OH is 1. The number of fused-ring (bicyclic) bond motifs is 3. The maximum atomic E-state index is 12.4. The molecule has 0 unspecified atom stereocenters. The summed E-state index contributed by atoms with van der Waals surface area (Å²) in [5.41, 5.74) is 4.14. The summed E-state index contributed by atoms with van der Waals surface area (Å²) in [6, 6.07) is 17.0. The van der Waals surface area contributed by atoms with Crippen LogP contribution >= 0.6 is 0 Å². The fourth-order valence-electron chi connectivity index (χ4n) is 3.87. The number of hydrogen-bond acceptors (Lipinski definition) is 7. The molecule has 0 aliphatic heterocycles. The topological polar surface area (TPSA) is 142 Å². The molecule has 0 saturated carbocycles. The monoisotopic (exact) mass is 451 g/mol. The Bertz CT molecular complexity index is 1140. The lowest BCUT2D eigenvalue weighted by Gasteiger charge is -2.17. The van der Waals surface area contributed by atoms with Crippen LogP contribution < -0.4 is 5.32 Å². The highest BCUT2D eigenvalue weighted by Crippen LogP contribution is 2.44. The molecule has 0 spiro atoms. The van der Waals surface area contributed by atoms with Crippen molar-refractivity contribution in [3.05, 3.63) is 71.4 Å². The van der Waals surface area contributed by atoms with Gasteiger partial charge >= 0.3 is 12.1 Å². The van der Waals surface area contributed by atoms with Crippen molar-refractivity contribution in [2.24, 2.45) is 0 Å². The molecule has 0 fully saturated rings. The third-order valence-corrected chi connectivity index (χ3v) is 5.28. The minimum absolute atomic E-state index is 0.0999. The first-order valence-corrected chi connectivity index (χ1v) is 10.2. The highest BCUT2D eigenvalue weighted by atomic mass is 16.6.